The molecule has 0 radical (unpaired) electrons. The van der Waals surface area contributed by atoms with Gasteiger partial charge in [-0.15, -0.1) is 0 Å². The Morgan fingerprint density at radius 3 is 1.70 bits per heavy atom. The third-order valence-corrected chi connectivity index (χ3v) is 4.82. The van der Waals surface area contributed by atoms with Gasteiger partial charge in [-0.1, -0.05) is 51.9 Å². The van der Waals surface area contributed by atoms with E-state index in [-0.39, 0.29) is 0 Å². The highest BCUT2D eigenvalue weighted by Gasteiger charge is 1.94. The van der Waals surface area contributed by atoms with E-state index in [0.29, 0.717) is 6.61 Å². The summed E-state index contributed by atoms with van der Waals surface area (Å²) in [7, 11) is 0. The third kappa shape index (κ3) is 22.2. The van der Waals surface area contributed by atoms with Gasteiger partial charge in [0.25, 0.3) is 0 Å². The molecule has 0 amide bonds. The van der Waals surface area contributed by atoms with Crippen molar-refractivity contribution in [1.29, 1.82) is 0 Å². The number of hydrogen-bond donors (Lipinski definition) is 1. The first kappa shape index (κ1) is 23.2. The first-order valence-corrected chi connectivity index (χ1v) is 10.9. The molecule has 23 heavy (non-hydrogen) atoms. The predicted molar refractivity (Wildman–Crippen MR) is 103 cm³/mol. The molecule has 0 unspecified atom stereocenters. The third-order valence-electron chi connectivity index (χ3n) is 3.79. The van der Waals surface area contributed by atoms with Gasteiger partial charge < -0.3 is 14.6 Å². The van der Waals surface area contributed by atoms with Gasteiger partial charge in [0.05, 0.1) is 6.61 Å². The van der Waals surface area contributed by atoms with Crippen molar-refractivity contribution in [1.82, 2.24) is 0 Å². The fourth-order valence-electron chi connectivity index (χ4n) is 2.31. The maximum Gasteiger partial charge on any atom is 0.0556 e. The lowest BCUT2D eigenvalue weighted by Gasteiger charge is -2.05. The van der Waals surface area contributed by atoms with Crippen molar-refractivity contribution in [3.05, 3.63) is 0 Å². The Morgan fingerprint density at radius 2 is 1.13 bits per heavy atom. The summed E-state index contributed by atoms with van der Waals surface area (Å²) in [5.74, 6) is 2.10. The summed E-state index contributed by atoms with van der Waals surface area (Å²) < 4.78 is 11.2. The number of ether oxygens (including phenoxy) is 2. The molecular formula is C19H40O3S. The van der Waals surface area contributed by atoms with Crippen molar-refractivity contribution in [2.24, 2.45) is 0 Å². The number of unbranched alkanes of at least 4 members (excludes halogenated alkanes) is 8. The molecule has 0 aliphatic rings. The minimum absolute atomic E-state index is 0.306. The van der Waals surface area contributed by atoms with E-state index in [1.54, 1.807) is 0 Å². The van der Waals surface area contributed by atoms with Crippen molar-refractivity contribution in [3.8, 4) is 0 Å². The first-order chi connectivity index (χ1) is 11.4. The zero-order chi connectivity index (χ0) is 16.8. The molecule has 0 heterocycles. The second-order valence-corrected chi connectivity index (χ2v) is 7.32. The van der Waals surface area contributed by atoms with Crippen molar-refractivity contribution in [2.45, 2.75) is 77.6 Å². The van der Waals surface area contributed by atoms with Gasteiger partial charge in [0, 0.05) is 32.2 Å². The summed E-state index contributed by atoms with van der Waals surface area (Å²) in [5.41, 5.74) is 0. The molecular weight excluding hydrogens is 308 g/mol. The molecule has 0 aliphatic carbocycles. The summed E-state index contributed by atoms with van der Waals surface area (Å²) >= 11 is 1.87. The van der Waals surface area contributed by atoms with E-state index in [1.165, 1.54) is 64.2 Å². The van der Waals surface area contributed by atoms with E-state index in [0.717, 1.165) is 44.4 Å². The van der Waals surface area contributed by atoms with Crippen molar-refractivity contribution >= 4 is 11.8 Å². The van der Waals surface area contributed by atoms with E-state index in [9.17, 15) is 0 Å². The van der Waals surface area contributed by atoms with Crippen LogP contribution in [0.25, 0.3) is 0 Å². The molecule has 0 aromatic carbocycles. The Bertz CT molecular complexity index is 183. The summed E-state index contributed by atoms with van der Waals surface area (Å²) in [6, 6.07) is 0. The number of thioether (sulfide) groups is 1. The molecule has 0 rings (SSSR count). The fourth-order valence-corrected chi connectivity index (χ4v) is 3.08. The number of aliphatic hydroxyl groups is 1. The fraction of sp³-hybridized carbons (Fsp3) is 1.00. The minimum Gasteiger partial charge on any atom is -0.396 e. The van der Waals surface area contributed by atoms with Crippen LogP contribution in [0.15, 0.2) is 0 Å². The second-order valence-electron chi connectivity index (χ2n) is 6.10. The van der Waals surface area contributed by atoms with Gasteiger partial charge in [-0.05, 0) is 31.4 Å². The van der Waals surface area contributed by atoms with Crippen molar-refractivity contribution in [2.75, 3.05) is 44.5 Å². The summed E-state index contributed by atoms with van der Waals surface area (Å²) in [5, 5.41) is 8.66. The van der Waals surface area contributed by atoms with Gasteiger partial charge in [-0.3, -0.25) is 0 Å². The van der Waals surface area contributed by atoms with Crippen LogP contribution >= 0.6 is 11.8 Å². The van der Waals surface area contributed by atoms with Crippen LogP contribution < -0.4 is 0 Å². The van der Waals surface area contributed by atoms with E-state index in [1.807, 2.05) is 11.8 Å². The standard InChI is InChI=1S/C19H40O3S/c1-2-3-14-21-15-10-8-6-4-5-7-9-11-16-22-17-19-23-18-12-13-20/h20H,2-19H2,1H3. The summed E-state index contributed by atoms with van der Waals surface area (Å²) in [6.07, 6.45) is 13.8. The Balaban J connectivity index is 2.92. The monoisotopic (exact) mass is 348 g/mol. The highest BCUT2D eigenvalue weighted by molar-refractivity contribution is 7.99. The predicted octanol–water partition coefficient (Wildman–Crippen LogP) is 5.06. The van der Waals surface area contributed by atoms with Gasteiger partial charge in [0.1, 0.15) is 0 Å². The molecule has 0 bridgehead atoms. The van der Waals surface area contributed by atoms with Gasteiger partial charge in [-0.25, -0.2) is 0 Å². The number of rotatable bonds is 20. The molecule has 0 aromatic rings. The normalized spacial score (nSPS) is 11.2. The maximum absolute atomic E-state index is 8.66. The number of aliphatic hydroxyl groups excluding tert-OH is 1. The molecule has 0 aliphatic heterocycles. The molecule has 0 aromatic heterocycles. The van der Waals surface area contributed by atoms with E-state index >= 15 is 0 Å². The van der Waals surface area contributed by atoms with Crippen LogP contribution in [0.1, 0.15) is 77.6 Å². The Kier molecular flexibility index (Phi) is 22.5. The Hall–Kier alpha value is 0.230. The lowest BCUT2D eigenvalue weighted by molar-refractivity contribution is 0.127. The molecule has 0 spiro atoms. The highest BCUT2D eigenvalue weighted by Crippen LogP contribution is 2.09. The van der Waals surface area contributed by atoms with Gasteiger partial charge in [0.15, 0.2) is 0 Å². The van der Waals surface area contributed by atoms with Crippen LogP contribution in [0.3, 0.4) is 0 Å². The largest absolute Gasteiger partial charge is 0.396 e. The van der Waals surface area contributed by atoms with Crippen LogP contribution in [-0.2, 0) is 9.47 Å². The smallest absolute Gasteiger partial charge is 0.0556 e. The second kappa shape index (κ2) is 22.2. The van der Waals surface area contributed by atoms with Crippen LogP contribution in [0, 0.1) is 0 Å². The summed E-state index contributed by atoms with van der Waals surface area (Å²) in [6.45, 7) is 6.18. The molecule has 4 heteroatoms. The molecule has 0 saturated carbocycles. The van der Waals surface area contributed by atoms with Gasteiger partial charge in [-0.2, -0.15) is 11.8 Å². The van der Waals surface area contributed by atoms with Gasteiger partial charge in [0.2, 0.25) is 0 Å². The average molecular weight is 349 g/mol. The Morgan fingerprint density at radius 1 is 0.609 bits per heavy atom. The molecule has 0 saturated heterocycles. The quantitative estimate of drug-likeness (QED) is 0.312. The minimum atomic E-state index is 0.306. The van der Waals surface area contributed by atoms with Crippen LogP contribution in [0.4, 0.5) is 0 Å². The highest BCUT2D eigenvalue weighted by atomic mass is 32.2. The number of hydrogen-bond acceptors (Lipinski definition) is 4. The summed E-state index contributed by atoms with van der Waals surface area (Å²) in [4.78, 5) is 0. The molecule has 140 valence electrons. The Labute approximate surface area is 148 Å². The van der Waals surface area contributed by atoms with E-state index in [2.05, 4.69) is 6.92 Å². The van der Waals surface area contributed by atoms with Crippen LogP contribution in [0.5, 0.6) is 0 Å². The SMILES string of the molecule is CCCCOCCCCCCCCCCOCCSCCCO. The lowest BCUT2D eigenvalue weighted by atomic mass is 10.1. The molecule has 3 nitrogen and oxygen atoms in total. The van der Waals surface area contributed by atoms with Crippen molar-refractivity contribution < 1.29 is 14.6 Å². The average Bonchev–Trinajstić information content (AvgIpc) is 2.57. The lowest BCUT2D eigenvalue weighted by Crippen LogP contribution is -2.00. The molecule has 0 fully saturated rings. The maximum atomic E-state index is 8.66. The van der Waals surface area contributed by atoms with Crippen LogP contribution in [0.2, 0.25) is 0 Å². The van der Waals surface area contributed by atoms with E-state index in [4.69, 9.17) is 14.6 Å². The molecule has 1 N–H and O–H groups in total. The van der Waals surface area contributed by atoms with Crippen molar-refractivity contribution in [3.63, 3.8) is 0 Å². The van der Waals surface area contributed by atoms with Crippen LogP contribution in [-0.4, -0.2) is 49.6 Å². The first-order valence-electron chi connectivity index (χ1n) is 9.76. The van der Waals surface area contributed by atoms with E-state index < -0.39 is 0 Å². The zero-order valence-electron chi connectivity index (χ0n) is 15.4. The molecule has 0 atom stereocenters. The zero-order valence-corrected chi connectivity index (χ0v) is 16.2. The topological polar surface area (TPSA) is 38.7 Å². The van der Waals surface area contributed by atoms with Gasteiger partial charge >= 0.3 is 0 Å².